The Bertz CT molecular complexity index is 558. The first kappa shape index (κ1) is 13.5. The van der Waals surface area contributed by atoms with Crippen molar-refractivity contribution in [1.29, 1.82) is 0 Å². The molecule has 0 radical (unpaired) electrons. The maximum atomic E-state index is 9.52. The highest BCUT2D eigenvalue weighted by Crippen LogP contribution is 2.22. The Kier molecular flexibility index (Phi) is 4.12. The molecule has 0 aliphatic heterocycles. The Balaban J connectivity index is 2.39. The van der Waals surface area contributed by atoms with Crippen molar-refractivity contribution in [1.82, 2.24) is 15.3 Å². The summed E-state index contributed by atoms with van der Waals surface area (Å²) in [5, 5.41) is 12.7. The first-order chi connectivity index (χ1) is 9.11. The van der Waals surface area contributed by atoms with E-state index in [1.165, 1.54) is 5.56 Å². The van der Waals surface area contributed by atoms with Crippen LogP contribution in [0, 0.1) is 13.8 Å². The predicted octanol–water partition coefficient (Wildman–Crippen LogP) is 2.23. The molecule has 2 N–H and O–H groups in total. The maximum Gasteiger partial charge on any atom is 0.159 e. The highest BCUT2D eigenvalue weighted by atomic mass is 16.3. The lowest BCUT2D eigenvalue weighted by Crippen LogP contribution is -2.13. The van der Waals surface area contributed by atoms with Gasteiger partial charge >= 0.3 is 0 Å². The molecule has 2 rings (SSSR count). The van der Waals surface area contributed by atoms with Crippen molar-refractivity contribution in [2.75, 3.05) is 13.6 Å². The number of hydrogen-bond acceptors (Lipinski definition) is 4. The molecule has 0 saturated carbocycles. The SMILES string of the molecule is CNCCc1c(C)nc(-c2cccc(O)c2)nc1C. The Morgan fingerprint density at radius 2 is 1.84 bits per heavy atom. The van der Waals surface area contributed by atoms with E-state index in [1.807, 2.05) is 27.0 Å². The average molecular weight is 257 g/mol. The molecule has 0 atom stereocenters. The standard InChI is InChI=1S/C15H19N3O/c1-10-14(7-8-16-3)11(2)18-15(17-10)12-5-4-6-13(19)9-12/h4-6,9,16,19H,7-8H2,1-3H3. The van der Waals surface area contributed by atoms with Crippen LogP contribution in [0.5, 0.6) is 5.75 Å². The van der Waals surface area contributed by atoms with Crippen molar-refractivity contribution in [3.63, 3.8) is 0 Å². The third-order valence-electron chi connectivity index (χ3n) is 3.15. The van der Waals surface area contributed by atoms with Crippen LogP contribution in [-0.4, -0.2) is 28.7 Å². The summed E-state index contributed by atoms with van der Waals surface area (Å²) >= 11 is 0. The van der Waals surface area contributed by atoms with Gasteiger partial charge in [0.15, 0.2) is 5.82 Å². The highest BCUT2D eigenvalue weighted by Gasteiger charge is 2.09. The summed E-state index contributed by atoms with van der Waals surface area (Å²) in [6, 6.07) is 7.03. The molecule has 1 aromatic carbocycles. The van der Waals surface area contributed by atoms with E-state index in [-0.39, 0.29) is 5.75 Å². The van der Waals surface area contributed by atoms with E-state index >= 15 is 0 Å². The molecule has 1 aromatic heterocycles. The smallest absolute Gasteiger partial charge is 0.159 e. The number of benzene rings is 1. The number of hydrogen-bond donors (Lipinski definition) is 2. The predicted molar refractivity (Wildman–Crippen MR) is 76.2 cm³/mol. The van der Waals surface area contributed by atoms with Crippen LogP contribution in [0.15, 0.2) is 24.3 Å². The monoisotopic (exact) mass is 257 g/mol. The normalized spacial score (nSPS) is 10.7. The Morgan fingerprint density at radius 3 is 2.42 bits per heavy atom. The van der Waals surface area contributed by atoms with E-state index in [9.17, 15) is 5.11 Å². The maximum absolute atomic E-state index is 9.52. The second-order valence-electron chi connectivity index (χ2n) is 4.60. The number of aromatic nitrogens is 2. The van der Waals surface area contributed by atoms with Crippen LogP contribution >= 0.6 is 0 Å². The minimum absolute atomic E-state index is 0.232. The topological polar surface area (TPSA) is 58.0 Å². The van der Waals surface area contributed by atoms with Gasteiger partial charge in [0, 0.05) is 17.0 Å². The van der Waals surface area contributed by atoms with Crippen LogP contribution < -0.4 is 5.32 Å². The van der Waals surface area contributed by atoms with E-state index < -0.39 is 0 Å². The second-order valence-corrected chi connectivity index (χ2v) is 4.60. The summed E-state index contributed by atoms with van der Waals surface area (Å²) in [5.41, 5.74) is 4.03. The molecular formula is C15H19N3O. The molecule has 4 nitrogen and oxygen atoms in total. The number of aromatic hydroxyl groups is 1. The summed E-state index contributed by atoms with van der Waals surface area (Å²) in [4.78, 5) is 9.10. The lowest BCUT2D eigenvalue weighted by atomic mass is 10.1. The number of phenolic OH excluding ortho intramolecular Hbond substituents is 1. The van der Waals surface area contributed by atoms with Gasteiger partial charge in [-0.25, -0.2) is 9.97 Å². The third-order valence-corrected chi connectivity index (χ3v) is 3.15. The molecule has 0 amide bonds. The van der Waals surface area contributed by atoms with Crippen molar-refractivity contribution in [3.8, 4) is 17.1 Å². The first-order valence-corrected chi connectivity index (χ1v) is 6.40. The van der Waals surface area contributed by atoms with Gasteiger partial charge in [0.05, 0.1) is 0 Å². The number of likely N-dealkylation sites (N-methyl/N-ethyl adjacent to an activating group) is 1. The molecule has 4 heteroatoms. The van der Waals surface area contributed by atoms with E-state index in [0.29, 0.717) is 5.82 Å². The van der Waals surface area contributed by atoms with Crippen LogP contribution in [-0.2, 0) is 6.42 Å². The number of rotatable bonds is 4. The zero-order valence-electron chi connectivity index (χ0n) is 11.6. The van der Waals surface area contributed by atoms with Crippen molar-refractivity contribution in [2.24, 2.45) is 0 Å². The van der Waals surface area contributed by atoms with Gasteiger partial charge in [0.2, 0.25) is 0 Å². The Labute approximate surface area is 113 Å². The fourth-order valence-electron chi connectivity index (χ4n) is 2.13. The molecule has 0 fully saturated rings. The summed E-state index contributed by atoms with van der Waals surface area (Å²) in [7, 11) is 1.94. The van der Waals surface area contributed by atoms with Crippen molar-refractivity contribution >= 4 is 0 Å². The minimum atomic E-state index is 0.232. The zero-order chi connectivity index (χ0) is 13.8. The van der Waals surface area contributed by atoms with Gasteiger partial charge in [0.1, 0.15) is 5.75 Å². The van der Waals surface area contributed by atoms with Crippen LogP contribution in [0.3, 0.4) is 0 Å². The van der Waals surface area contributed by atoms with Gasteiger partial charge in [-0.15, -0.1) is 0 Å². The van der Waals surface area contributed by atoms with Gasteiger partial charge in [-0.3, -0.25) is 0 Å². The third kappa shape index (κ3) is 3.09. The van der Waals surface area contributed by atoms with Gasteiger partial charge < -0.3 is 10.4 Å². The summed E-state index contributed by atoms with van der Waals surface area (Å²) in [6.07, 6.45) is 0.925. The summed E-state index contributed by atoms with van der Waals surface area (Å²) in [5.74, 6) is 0.898. The largest absolute Gasteiger partial charge is 0.508 e. The molecular weight excluding hydrogens is 238 g/mol. The molecule has 0 saturated heterocycles. The van der Waals surface area contributed by atoms with Gasteiger partial charge in [-0.2, -0.15) is 0 Å². The summed E-state index contributed by atoms with van der Waals surface area (Å²) in [6.45, 7) is 4.93. The Hall–Kier alpha value is -1.94. The minimum Gasteiger partial charge on any atom is -0.508 e. The van der Waals surface area contributed by atoms with Crippen molar-refractivity contribution in [2.45, 2.75) is 20.3 Å². The summed E-state index contributed by atoms with van der Waals surface area (Å²) < 4.78 is 0. The number of nitrogens with one attached hydrogen (secondary N) is 1. The highest BCUT2D eigenvalue weighted by molar-refractivity contribution is 5.58. The van der Waals surface area contributed by atoms with Crippen LogP contribution in [0.1, 0.15) is 17.0 Å². The van der Waals surface area contributed by atoms with E-state index in [0.717, 1.165) is 29.9 Å². The van der Waals surface area contributed by atoms with Crippen LogP contribution in [0.25, 0.3) is 11.4 Å². The van der Waals surface area contributed by atoms with Crippen molar-refractivity contribution < 1.29 is 5.11 Å². The fraction of sp³-hybridized carbons (Fsp3) is 0.333. The molecule has 2 aromatic rings. The van der Waals surface area contributed by atoms with Gasteiger partial charge in [-0.05, 0) is 51.6 Å². The number of aryl methyl sites for hydroxylation is 2. The molecule has 19 heavy (non-hydrogen) atoms. The van der Waals surface area contributed by atoms with Crippen molar-refractivity contribution in [3.05, 3.63) is 41.2 Å². The van der Waals surface area contributed by atoms with E-state index in [4.69, 9.17) is 0 Å². The van der Waals surface area contributed by atoms with E-state index in [2.05, 4.69) is 15.3 Å². The van der Waals surface area contributed by atoms with Crippen LogP contribution in [0.4, 0.5) is 0 Å². The van der Waals surface area contributed by atoms with Crippen LogP contribution in [0.2, 0.25) is 0 Å². The molecule has 0 unspecified atom stereocenters. The molecule has 0 spiro atoms. The van der Waals surface area contributed by atoms with E-state index in [1.54, 1.807) is 18.2 Å². The Morgan fingerprint density at radius 1 is 1.16 bits per heavy atom. The average Bonchev–Trinajstić information content (AvgIpc) is 2.37. The first-order valence-electron chi connectivity index (χ1n) is 6.40. The molecule has 0 aliphatic rings. The van der Waals surface area contributed by atoms with Gasteiger partial charge in [0.25, 0.3) is 0 Å². The number of nitrogens with zero attached hydrogens (tertiary/aromatic N) is 2. The molecule has 100 valence electrons. The zero-order valence-corrected chi connectivity index (χ0v) is 11.6. The molecule has 1 heterocycles. The van der Waals surface area contributed by atoms with Gasteiger partial charge in [-0.1, -0.05) is 12.1 Å². The molecule has 0 aliphatic carbocycles. The molecule has 0 bridgehead atoms. The lowest BCUT2D eigenvalue weighted by molar-refractivity contribution is 0.475. The quantitative estimate of drug-likeness (QED) is 0.882. The second kappa shape index (κ2) is 5.80. The lowest BCUT2D eigenvalue weighted by Gasteiger charge is -2.11. The number of phenols is 1. The fourth-order valence-corrected chi connectivity index (χ4v) is 2.13.